The summed E-state index contributed by atoms with van der Waals surface area (Å²) in [5.74, 6) is -1.13. The Morgan fingerprint density at radius 1 is 0.468 bits per heavy atom. The molecule has 0 fully saturated rings. The number of unbranched alkanes of at least 4 members (excludes halogenated alkanes) is 9. The molecule has 0 saturated heterocycles. The van der Waals surface area contributed by atoms with Crippen LogP contribution < -0.4 is 0 Å². The summed E-state index contributed by atoms with van der Waals surface area (Å²) in [5, 5.41) is 0. The van der Waals surface area contributed by atoms with Crippen LogP contribution in [0.25, 0.3) is 0 Å². The van der Waals surface area contributed by atoms with E-state index >= 15 is 0 Å². The van der Waals surface area contributed by atoms with E-state index in [1.165, 1.54) is 38.5 Å². The predicted octanol–water partition coefficient (Wildman–Crippen LogP) is 11.2. The summed E-state index contributed by atoms with van der Waals surface area (Å²) in [6.45, 7) is 6.18. The van der Waals surface area contributed by atoms with Gasteiger partial charge in [-0.1, -0.05) is 145 Å². The third-order valence-electron chi connectivity index (χ3n) is 7.24. The van der Waals surface area contributed by atoms with E-state index in [4.69, 9.17) is 14.2 Å². The minimum absolute atomic E-state index is 0.0946. The Labute approximate surface area is 287 Å². The first-order valence-electron chi connectivity index (χ1n) is 18.4. The molecule has 6 nitrogen and oxygen atoms in total. The molecular formula is C41H66O6. The number of allylic oxidation sites excluding steroid dienone is 11. The molecule has 0 radical (unpaired) electrons. The van der Waals surface area contributed by atoms with Gasteiger partial charge in [0, 0.05) is 12.8 Å². The summed E-state index contributed by atoms with van der Waals surface area (Å²) in [4.78, 5) is 37.2. The first-order chi connectivity index (χ1) is 23.0. The van der Waals surface area contributed by atoms with Crippen molar-refractivity contribution >= 4 is 17.9 Å². The first kappa shape index (κ1) is 43.9. The van der Waals surface area contributed by atoms with E-state index in [0.29, 0.717) is 12.8 Å². The van der Waals surface area contributed by atoms with Gasteiger partial charge in [-0.3, -0.25) is 14.4 Å². The Kier molecular flexibility index (Phi) is 33.3. The highest BCUT2D eigenvalue weighted by atomic mass is 16.6. The first-order valence-corrected chi connectivity index (χ1v) is 18.4. The number of hydrogen-bond donors (Lipinski definition) is 0. The predicted molar refractivity (Wildman–Crippen MR) is 196 cm³/mol. The van der Waals surface area contributed by atoms with Crippen LogP contribution in [0.2, 0.25) is 0 Å². The lowest BCUT2D eigenvalue weighted by Gasteiger charge is -2.18. The second-order valence-electron chi connectivity index (χ2n) is 11.7. The second kappa shape index (κ2) is 35.7. The molecule has 0 bridgehead atoms. The smallest absolute Gasteiger partial charge is 0.310 e. The molecular weight excluding hydrogens is 588 g/mol. The maximum Gasteiger partial charge on any atom is 0.310 e. The van der Waals surface area contributed by atoms with E-state index in [9.17, 15) is 14.4 Å². The highest BCUT2D eigenvalue weighted by Gasteiger charge is 2.19. The van der Waals surface area contributed by atoms with Gasteiger partial charge < -0.3 is 14.2 Å². The Morgan fingerprint density at radius 2 is 0.894 bits per heavy atom. The van der Waals surface area contributed by atoms with Crippen LogP contribution in [0.4, 0.5) is 0 Å². The summed E-state index contributed by atoms with van der Waals surface area (Å²) in [6.07, 6.45) is 42.2. The summed E-state index contributed by atoms with van der Waals surface area (Å²) in [5.41, 5.74) is 0. The number of ether oxygens (including phenoxy) is 3. The number of esters is 3. The van der Waals surface area contributed by atoms with Crippen LogP contribution in [0.5, 0.6) is 0 Å². The molecule has 0 aromatic carbocycles. The molecule has 0 aliphatic rings. The lowest BCUT2D eigenvalue weighted by atomic mass is 10.1. The molecule has 0 aliphatic heterocycles. The van der Waals surface area contributed by atoms with E-state index in [1.54, 1.807) is 6.08 Å². The van der Waals surface area contributed by atoms with Crippen molar-refractivity contribution in [1.29, 1.82) is 0 Å². The maximum atomic E-state index is 12.5. The highest BCUT2D eigenvalue weighted by molar-refractivity contribution is 5.72. The van der Waals surface area contributed by atoms with E-state index in [0.717, 1.165) is 64.2 Å². The van der Waals surface area contributed by atoms with Crippen molar-refractivity contribution < 1.29 is 28.6 Å². The van der Waals surface area contributed by atoms with E-state index < -0.39 is 12.1 Å². The molecule has 0 aliphatic carbocycles. The third-order valence-corrected chi connectivity index (χ3v) is 7.24. The zero-order chi connectivity index (χ0) is 34.5. The molecule has 47 heavy (non-hydrogen) atoms. The Hall–Kier alpha value is -3.15. The lowest BCUT2D eigenvalue weighted by Crippen LogP contribution is -2.30. The Morgan fingerprint density at radius 3 is 1.40 bits per heavy atom. The minimum atomic E-state index is -0.837. The van der Waals surface area contributed by atoms with Crippen LogP contribution in [0.3, 0.4) is 0 Å². The molecule has 0 aromatic rings. The second-order valence-corrected chi connectivity index (χ2v) is 11.7. The van der Waals surface area contributed by atoms with Gasteiger partial charge in [0.2, 0.25) is 0 Å². The van der Waals surface area contributed by atoms with Crippen LogP contribution in [0.15, 0.2) is 72.9 Å². The van der Waals surface area contributed by atoms with Gasteiger partial charge in [0.25, 0.3) is 0 Å². The molecule has 1 atom stereocenters. The summed E-state index contributed by atoms with van der Waals surface area (Å²) in [7, 11) is 0. The monoisotopic (exact) mass is 654 g/mol. The van der Waals surface area contributed by atoms with E-state index in [-0.39, 0.29) is 38.0 Å². The molecule has 0 amide bonds. The van der Waals surface area contributed by atoms with Gasteiger partial charge in [-0.25, -0.2) is 0 Å². The van der Waals surface area contributed by atoms with Crippen molar-refractivity contribution in [3.05, 3.63) is 72.9 Å². The maximum absolute atomic E-state index is 12.5. The van der Waals surface area contributed by atoms with Crippen LogP contribution in [0.1, 0.15) is 149 Å². The fourth-order valence-corrected chi connectivity index (χ4v) is 4.53. The molecule has 0 aromatic heterocycles. The van der Waals surface area contributed by atoms with Gasteiger partial charge in [0.15, 0.2) is 6.10 Å². The van der Waals surface area contributed by atoms with Crippen LogP contribution in [0, 0.1) is 0 Å². The SMILES string of the molecule is CC/C=C\C/C=C\C/C=C\CCCC(=O)OCC(COC(=O)CCCCCCCCCCC)OC(=O)C/C=C\C/C=C\C/C=C\CC. The molecule has 0 rings (SSSR count). The Balaban J connectivity index is 4.57. The average Bonchev–Trinajstić information content (AvgIpc) is 3.06. The van der Waals surface area contributed by atoms with E-state index in [2.05, 4.69) is 81.5 Å². The number of carbonyl (C=O) groups excluding carboxylic acids is 3. The fraction of sp³-hybridized carbons (Fsp3) is 0.634. The quantitative estimate of drug-likeness (QED) is 0.0320. The van der Waals surface area contributed by atoms with E-state index in [1.807, 2.05) is 6.08 Å². The van der Waals surface area contributed by atoms with Crippen molar-refractivity contribution in [1.82, 2.24) is 0 Å². The average molecular weight is 655 g/mol. The zero-order valence-corrected chi connectivity index (χ0v) is 30.0. The number of rotatable bonds is 31. The molecule has 266 valence electrons. The fourth-order valence-electron chi connectivity index (χ4n) is 4.53. The van der Waals surface area contributed by atoms with Crippen molar-refractivity contribution in [2.75, 3.05) is 13.2 Å². The topological polar surface area (TPSA) is 78.9 Å². The Bertz CT molecular complexity index is 940. The lowest BCUT2D eigenvalue weighted by molar-refractivity contribution is -0.166. The minimum Gasteiger partial charge on any atom is -0.462 e. The number of carbonyl (C=O) groups is 3. The molecule has 0 N–H and O–H groups in total. The van der Waals surface area contributed by atoms with Crippen LogP contribution >= 0.6 is 0 Å². The van der Waals surface area contributed by atoms with Gasteiger partial charge in [-0.2, -0.15) is 0 Å². The van der Waals surface area contributed by atoms with Gasteiger partial charge in [0.1, 0.15) is 13.2 Å². The highest BCUT2D eigenvalue weighted by Crippen LogP contribution is 2.11. The van der Waals surface area contributed by atoms with Gasteiger partial charge in [-0.15, -0.1) is 0 Å². The van der Waals surface area contributed by atoms with Crippen molar-refractivity contribution in [2.45, 2.75) is 155 Å². The number of hydrogen-bond acceptors (Lipinski definition) is 6. The van der Waals surface area contributed by atoms with Crippen molar-refractivity contribution in [3.8, 4) is 0 Å². The van der Waals surface area contributed by atoms with Crippen LogP contribution in [-0.4, -0.2) is 37.2 Å². The van der Waals surface area contributed by atoms with Gasteiger partial charge in [-0.05, 0) is 57.8 Å². The van der Waals surface area contributed by atoms with Crippen molar-refractivity contribution in [2.24, 2.45) is 0 Å². The molecule has 0 saturated carbocycles. The summed E-state index contributed by atoms with van der Waals surface area (Å²) < 4.78 is 16.4. The third kappa shape index (κ3) is 34.0. The summed E-state index contributed by atoms with van der Waals surface area (Å²) in [6, 6.07) is 0. The normalized spacial score (nSPS) is 12.8. The molecule has 6 heteroatoms. The molecule has 0 spiro atoms. The van der Waals surface area contributed by atoms with Crippen LogP contribution in [-0.2, 0) is 28.6 Å². The standard InChI is InChI=1S/C41H66O6/c1-4-7-10-13-16-19-20-23-25-28-31-34-40(43)46-37-38(47-41(44)35-32-29-26-22-18-15-12-9-6-3)36-45-39(42)33-30-27-24-21-17-14-11-8-5-2/h7,9-10,12,16,18-19,22-23,25,29,32,38H,4-6,8,11,13-15,17,20-21,24,26-28,30-31,33-37H2,1-3H3/b10-7-,12-9-,19-16-,22-18-,25-23-,32-29-. The molecule has 1 unspecified atom stereocenters. The zero-order valence-electron chi connectivity index (χ0n) is 30.0. The molecule has 0 heterocycles. The van der Waals surface area contributed by atoms with Crippen molar-refractivity contribution in [3.63, 3.8) is 0 Å². The van der Waals surface area contributed by atoms with Gasteiger partial charge in [0.05, 0.1) is 6.42 Å². The largest absolute Gasteiger partial charge is 0.462 e. The van der Waals surface area contributed by atoms with Gasteiger partial charge >= 0.3 is 17.9 Å². The summed E-state index contributed by atoms with van der Waals surface area (Å²) >= 11 is 0.